The molecule has 4 nitrogen and oxygen atoms in total. The molecule has 0 amide bonds. The first-order valence-corrected chi connectivity index (χ1v) is 6.16. The zero-order valence-electron chi connectivity index (χ0n) is 9.73. The van der Waals surface area contributed by atoms with E-state index < -0.39 is 18.2 Å². The van der Waals surface area contributed by atoms with E-state index in [1.807, 2.05) is 0 Å². The molecule has 0 aliphatic heterocycles. The van der Waals surface area contributed by atoms with Crippen molar-refractivity contribution in [3.8, 4) is 0 Å². The lowest BCUT2D eigenvalue weighted by molar-refractivity contribution is -0.131. The van der Waals surface area contributed by atoms with E-state index in [-0.39, 0.29) is 0 Å². The van der Waals surface area contributed by atoms with Crippen LogP contribution in [0.2, 0.25) is 0 Å². The minimum absolute atomic E-state index is 0.362. The first-order chi connectivity index (χ1) is 8.56. The van der Waals surface area contributed by atoms with E-state index in [1.165, 1.54) is 6.08 Å². The molecule has 0 aliphatic rings. The number of carboxylic acids is 1. The van der Waals surface area contributed by atoms with Crippen LogP contribution >= 0.6 is 12.6 Å². The molecule has 2 atom stereocenters. The van der Waals surface area contributed by atoms with Crippen LogP contribution in [-0.4, -0.2) is 33.1 Å². The number of benzene rings is 1. The molecule has 0 aliphatic carbocycles. The molecular formula is C13H16O4S. The molecule has 1 aromatic carbocycles. The fraction of sp³-hybridized carbons (Fsp3) is 0.308. The first kappa shape index (κ1) is 14.8. The summed E-state index contributed by atoms with van der Waals surface area (Å²) in [6.07, 6.45) is 0.792. The van der Waals surface area contributed by atoms with Crippen molar-refractivity contribution in [1.29, 1.82) is 0 Å². The third kappa shape index (κ3) is 4.18. The zero-order chi connectivity index (χ0) is 13.5. The maximum Gasteiger partial charge on any atom is 0.328 e. The molecule has 0 bridgehead atoms. The Morgan fingerprint density at radius 2 is 2.00 bits per heavy atom. The normalized spacial score (nSPS) is 14.6. The summed E-state index contributed by atoms with van der Waals surface area (Å²) in [5.74, 6) is -0.596. The fourth-order valence-corrected chi connectivity index (χ4v) is 1.86. The summed E-state index contributed by atoms with van der Waals surface area (Å²) >= 11 is 4.00. The van der Waals surface area contributed by atoms with Gasteiger partial charge in [-0.2, -0.15) is 12.6 Å². The van der Waals surface area contributed by atoms with Gasteiger partial charge in [0.05, 0.1) is 6.10 Å². The minimum Gasteiger partial charge on any atom is -0.478 e. The average molecular weight is 268 g/mol. The standard InChI is InChI=1S/C13H16O4S/c14-11(7-8-18)13(17)10-4-2-1-3-9(10)5-6-12(15)16/h1-6,11,13-14,17-18H,7-8H2,(H,15,16)/b6-5+. The highest BCUT2D eigenvalue weighted by Gasteiger charge is 2.19. The Balaban J connectivity index is 2.97. The average Bonchev–Trinajstić information content (AvgIpc) is 2.36. The molecule has 2 unspecified atom stereocenters. The van der Waals surface area contributed by atoms with Gasteiger partial charge in [0.2, 0.25) is 0 Å². The molecule has 0 aromatic heterocycles. The van der Waals surface area contributed by atoms with Crippen molar-refractivity contribution in [1.82, 2.24) is 0 Å². The molecule has 1 rings (SSSR count). The number of rotatable bonds is 6. The Morgan fingerprint density at radius 3 is 2.61 bits per heavy atom. The highest BCUT2D eigenvalue weighted by molar-refractivity contribution is 7.80. The van der Waals surface area contributed by atoms with Crippen LogP contribution in [0.3, 0.4) is 0 Å². The summed E-state index contributed by atoms with van der Waals surface area (Å²) < 4.78 is 0. The predicted molar refractivity (Wildman–Crippen MR) is 72.5 cm³/mol. The molecule has 0 fully saturated rings. The number of aliphatic hydroxyl groups is 2. The van der Waals surface area contributed by atoms with Crippen molar-refractivity contribution < 1.29 is 20.1 Å². The third-order valence-electron chi connectivity index (χ3n) is 2.51. The molecule has 0 heterocycles. The van der Waals surface area contributed by atoms with E-state index in [0.29, 0.717) is 23.3 Å². The van der Waals surface area contributed by atoms with Gasteiger partial charge >= 0.3 is 5.97 Å². The quantitative estimate of drug-likeness (QED) is 0.466. The van der Waals surface area contributed by atoms with Crippen molar-refractivity contribution >= 4 is 24.7 Å². The lowest BCUT2D eigenvalue weighted by atomic mass is 9.97. The molecule has 5 heteroatoms. The van der Waals surface area contributed by atoms with Crippen molar-refractivity contribution in [2.24, 2.45) is 0 Å². The molecule has 0 saturated heterocycles. The number of carboxylic acid groups (broad SMARTS) is 1. The minimum atomic E-state index is -1.06. The van der Waals surface area contributed by atoms with Crippen molar-refractivity contribution in [3.05, 3.63) is 41.5 Å². The van der Waals surface area contributed by atoms with Crippen LogP contribution in [0.4, 0.5) is 0 Å². The summed E-state index contributed by atoms with van der Waals surface area (Å²) in [4.78, 5) is 10.5. The highest BCUT2D eigenvalue weighted by atomic mass is 32.1. The Hall–Kier alpha value is -1.30. The van der Waals surface area contributed by atoms with Crippen LogP contribution in [0.15, 0.2) is 30.3 Å². The monoisotopic (exact) mass is 268 g/mol. The van der Waals surface area contributed by atoms with Gasteiger partial charge in [0.25, 0.3) is 0 Å². The number of aliphatic hydroxyl groups excluding tert-OH is 2. The lowest BCUT2D eigenvalue weighted by Gasteiger charge is -2.19. The summed E-state index contributed by atoms with van der Waals surface area (Å²) in [5.41, 5.74) is 1.08. The molecule has 0 radical (unpaired) electrons. The molecule has 0 saturated carbocycles. The van der Waals surface area contributed by atoms with Gasteiger partial charge in [-0.1, -0.05) is 24.3 Å². The second-order valence-corrected chi connectivity index (χ2v) is 4.27. The van der Waals surface area contributed by atoms with Crippen LogP contribution < -0.4 is 0 Å². The van der Waals surface area contributed by atoms with Gasteiger partial charge in [0.15, 0.2) is 0 Å². The Morgan fingerprint density at radius 1 is 1.33 bits per heavy atom. The van der Waals surface area contributed by atoms with Crippen LogP contribution in [0.1, 0.15) is 23.7 Å². The van der Waals surface area contributed by atoms with Crippen molar-refractivity contribution in [3.63, 3.8) is 0 Å². The summed E-state index contributed by atoms with van der Waals surface area (Å²) in [5, 5.41) is 28.3. The highest BCUT2D eigenvalue weighted by Crippen LogP contribution is 2.23. The Labute approximate surface area is 111 Å². The Kier molecular flexibility index (Phi) is 5.91. The van der Waals surface area contributed by atoms with Gasteiger partial charge in [-0.05, 0) is 29.4 Å². The number of thiol groups is 1. The number of hydrogen-bond acceptors (Lipinski definition) is 4. The maximum atomic E-state index is 10.5. The Bertz CT molecular complexity index is 431. The van der Waals surface area contributed by atoms with Crippen molar-refractivity contribution in [2.75, 3.05) is 5.75 Å². The van der Waals surface area contributed by atoms with Gasteiger partial charge in [0.1, 0.15) is 6.10 Å². The van der Waals surface area contributed by atoms with Gasteiger partial charge in [-0.3, -0.25) is 0 Å². The van der Waals surface area contributed by atoms with E-state index in [0.717, 1.165) is 6.08 Å². The number of carbonyl (C=O) groups is 1. The van der Waals surface area contributed by atoms with Gasteiger partial charge < -0.3 is 15.3 Å². The smallest absolute Gasteiger partial charge is 0.328 e. The molecule has 98 valence electrons. The fourth-order valence-electron chi connectivity index (χ4n) is 1.59. The zero-order valence-corrected chi connectivity index (χ0v) is 10.6. The lowest BCUT2D eigenvalue weighted by Crippen LogP contribution is -2.19. The molecule has 3 N–H and O–H groups in total. The first-order valence-electron chi connectivity index (χ1n) is 5.53. The molecule has 0 spiro atoms. The summed E-state index contributed by atoms with van der Waals surface area (Å²) in [6, 6.07) is 6.81. The molecular weight excluding hydrogens is 252 g/mol. The topological polar surface area (TPSA) is 77.8 Å². The van der Waals surface area contributed by atoms with Crippen LogP contribution in [-0.2, 0) is 4.79 Å². The second-order valence-electron chi connectivity index (χ2n) is 3.82. The third-order valence-corrected chi connectivity index (χ3v) is 2.77. The van der Waals surface area contributed by atoms with Gasteiger partial charge in [0, 0.05) is 6.08 Å². The predicted octanol–water partition coefficient (Wildman–Crippen LogP) is 1.50. The van der Waals surface area contributed by atoms with E-state index >= 15 is 0 Å². The van der Waals surface area contributed by atoms with Gasteiger partial charge in [-0.15, -0.1) is 0 Å². The molecule has 18 heavy (non-hydrogen) atoms. The van der Waals surface area contributed by atoms with Crippen LogP contribution in [0.25, 0.3) is 6.08 Å². The SMILES string of the molecule is O=C(O)/C=C/c1ccccc1C(O)C(O)CCS. The second kappa shape index (κ2) is 7.20. The van der Waals surface area contributed by atoms with E-state index in [4.69, 9.17) is 5.11 Å². The van der Waals surface area contributed by atoms with Crippen molar-refractivity contribution in [2.45, 2.75) is 18.6 Å². The van der Waals surface area contributed by atoms with Crippen LogP contribution in [0.5, 0.6) is 0 Å². The van der Waals surface area contributed by atoms with E-state index in [2.05, 4.69) is 12.6 Å². The molecule has 1 aromatic rings. The largest absolute Gasteiger partial charge is 0.478 e. The number of hydrogen-bond donors (Lipinski definition) is 4. The summed E-state index contributed by atoms with van der Waals surface area (Å²) in [7, 11) is 0. The van der Waals surface area contributed by atoms with E-state index in [1.54, 1.807) is 24.3 Å². The van der Waals surface area contributed by atoms with Crippen LogP contribution in [0, 0.1) is 0 Å². The van der Waals surface area contributed by atoms with E-state index in [9.17, 15) is 15.0 Å². The summed E-state index contributed by atoms with van der Waals surface area (Å²) in [6.45, 7) is 0. The van der Waals surface area contributed by atoms with Gasteiger partial charge in [-0.25, -0.2) is 4.79 Å². The number of aliphatic carboxylic acids is 1. The maximum absolute atomic E-state index is 10.5.